The molecule has 0 fully saturated rings. The number of carbonyl (C=O) groups excluding carboxylic acids is 3. The average Bonchev–Trinajstić information content (AvgIpc) is 3.50. The summed E-state index contributed by atoms with van der Waals surface area (Å²) in [6.45, 7) is 0.242. The van der Waals surface area contributed by atoms with Crippen molar-refractivity contribution in [2.24, 2.45) is 11.5 Å². The molecule has 14 heteroatoms. The SMILES string of the molecule is CN1C(=O)[C@H](CN)NC(=O)[C@H](CCCN)NCc2ccccc2Sc2cc(C(F)(F)F)ccc2CNC(=O)[C@@H]1Cc1c[nH]c2ccccc12. The van der Waals surface area contributed by atoms with Crippen LogP contribution in [0.4, 0.5) is 13.2 Å². The standard InChI is InChI=1S/C35H40F3N7O3S/c1-45-29(15-23-20-41-26-9-4-3-8-25(23)26)33(47)43-19-22-12-13-24(35(36,37)38)16-31(22)49-30-11-5-2-7-21(30)18-42-27(10-6-14-39)32(46)44-28(17-40)34(45)48/h2-5,7-9,11-13,16,20,27-29,41-42H,6,10,14-15,17-19,39-40H2,1H3,(H,43,47)(H,44,46)/t27-,28-,29-/m0/s1. The fourth-order valence-corrected chi connectivity index (χ4v) is 6.94. The summed E-state index contributed by atoms with van der Waals surface area (Å²) in [5.74, 6) is -1.54. The molecule has 4 aromatic rings. The number of likely N-dealkylation sites (N-methyl/N-ethyl adjacent to an activating group) is 1. The maximum atomic E-state index is 14.0. The van der Waals surface area contributed by atoms with Crippen LogP contribution in [0, 0.1) is 0 Å². The van der Waals surface area contributed by atoms with Crippen LogP contribution in [-0.4, -0.2) is 65.9 Å². The number of alkyl halides is 3. The summed E-state index contributed by atoms with van der Waals surface area (Å²) in [7, 11) is 1.48. The summed E-state index contributed by atoms with van der Waals surface area (Å²) < 4.78 is 41.6. The Morgan fingerprint density at radius 3 is 2.39 bits per heavy atom. The second kappa shape index (κ2) is 15.9. The van der Waals surface area contributed by atoms with Gasteiger partial charge in [-0.3, -0.25) is 14.4 Å². The Labute approximate surface area is 286 Å². The van der Waals surface area contributed by atoms with Gasteiger partial charge in [-0.15, -0.1) is 0 Å². The van der Waals surface area contributed by atoms with Gasteiger partial charge in [-0.05, 0) is 60.3 Å². The Bertz CT molecular complexity index is 1800. The number of hydrogen-bond donors (Lipinski definition) is 6. The largest absolute Gasteiger partial charge is 0.416 e. The first kappa shape index (κ1) is 35.9. The monoisotopic (exact) mass is 695 g/mol. The summed E-state index contributed by atoms with van der Waals surface area (Å²) in [6.07, 6.45) is -1.81. The minimum Gasteiger partial charge on any atom is -0.361 e. The Kier molecular flexibility index (Phi) is 11.7. The summed E-state index contributed by atoms with van der Waals surface area (Å²) >= 11 is 1.15. The molecule has 5 rings (SSSR count). The molecule has 0 aliphatic carbocycles. The zero-order chi connectivity index (χ0) is 35.1. The Morgan fingerprint density at radius 2 is 1.63 bits per heavy atom. The van der Waals surface area contributed by atoms with E-state index in [-0.39, 0.29) is 26.1 Å². The van der Waals surface area contributed by atoms with E-state index in [1.165, 1.54) is 18.0 Å². The maximum Gasteiger partial charge on any atom is 0.416 e. The maximum absolute atomic E-state index is 14.0. The second-order valence-corrected chi connectivity index (χ2v) is 13.0. The molecule has 3 amide bonds. The van der Waals surface area contributed by atoms with Crippen LogP contribution in [0.15, 0.2) is 82.7 Å². The molecule has 1 aromatic heterocycles. The second-order valence-electron chi connectivity index (χ2n) is 11.9. The highest BCUT2D eigenvalue weighted by atomic mass is 32.2. The molecule has 0 bridgehead atoms. The predicted octanol–water partition coefficient (Wildman–Crippen LogP) is 3.68. The molecule has 0 saturated heterocycles. The number of halogens is 3. The third kappa shape index (κ3) is 8.63. The van der Waals surface area contributed by atoms with Gasteiger partial charge in [-0.1, -0.05) is 54.2 Å². The number of para-hydroxylation sites is 1. The third-order valence-electron chi connectivity index (χ3n) is 8.65. The van der Waals surface area contributed by atoms with Crippen molar-refractivity contribution in [2.45, 2.75) is 66.4 Å². The van der Waals surface area contributed by atoms with Crippen LogP contribution in [0.25, 0.3) is 10.9 Å². The first-order chi connectivity index (χ1) is 23.5. The van der Waals surface area contributed by atoms with Gasteiger partial charge in [0.15, 0.2) is 0 Å². The molecule has 0 spiro atoms. The Balaban J connectivity index is 1.57. The van der Waals surface area contributed by atoms with E-state index in [0.29, 0.717) is 34.7 Å². The van der Waals surface area contributed by atoms with Gasteiger partial charge in [0.25, 0.3) is 0 Å². The summed E-state index contributed by atoms with van der Waals surface area (Å²) in [5.41, 5.74) is 13.8. The van der Waals surface area contributed by atoms with Gasteiger partial charge in [-0.2, -0.15) is 13.2 Å². The lowest BCUT2D eigenvalue weighted by molar-refractivity contribution is -0.141. The minimum absolute atomic E-state index is 0.0929. The molecule has 3 aromatic carbocycles. The van der Waals surface area contributed by atoms with Crippen LogP contribution in [0.2, 0.25) is 0 Å². The quantitative estimate of drug-likeness (QED) is 0.180. The molecular weight excluding hydrogens is 655 g/mol. The van der Waals surface area contributed by atoms with Gasteiger partial charge in [0.05, 0.1) is 11.6 Å². The molecular formula is C35H40F3N7O3S. The normalized spacial score (nSPS) is 19.9. The number of nitrogens with one attached hydrogen (secondary N) is 4. The number of amides is 3. The topological polar surface area (TPSA) is 158 Å². The van der Waals surface area contributed by atoms with Crippen LogP contribution < -0.4 is 27.4 Å². The van der Waals surface area contributed by atoms with Crippen molar-refractivity contribution in [2.75, 3.05) is 20.1 Å². The van der Waals surface area contributed by atoms with Crippen LogP contribution in [-0.2, 0) is 40.1 Å². The van der Waals surface area contributed by atoms with Crippen molar-refractivity contribution in [3.05, 3.63) is 95.2 Å². The van der Waals surface area contributed by atoms with E-state index in [0.717, 1.165) is 45.9 Å². The number of H-pyrrole nitrogens is 1. The highest BCUT2D eigenvalue weighted by molar-refractivity contribution is 7.99. The molecule has 2 heterocycles. The highest BCUT2D eigenvalue weighted by Gasteiger charge is 2.34. The number of hydrogen-bond acceptors (Lipinski definition) is 7. The van der Waals surface area contributed by atoms with Crippen molar-refractivity contribution in [1.29, 1.82) is 0 Å². The zero-order valence-electron chi connectivity index (χ0n) is 27.0. The molecule has 3 atom stereocenters. The van der Waals surface area contributed by atoms with Gasteiger partial charge in [0, 0.05) is 60.0 Å². The van der Waals surface area contributed by atoms with Crippen LogP contribution >= 0.6 is 11.8 Å². The van der Waals surface area contributed by atoms with Crippen LogP contribution in [0.3, 0.4) is 0 Å². The van der Waals surface area contributed by atoms with E-state index in [9.17, 15) is 27.6 Å². The smallest absolute Gasteiger partial charge is 0.361 e. The van der Waals surface area contributed by atoms with Gasteiger partial charge in [-0.25, -0.2) is 0 Å². The summed E-state index contributed by atoms with van der Waals surface area (Å²) in [4.78, 5) is 47.0. The Morgan fingerprint density at radius 1 is 0.898 bits per heavy atom. The summed E-state index contributed by atoms with van der Waals surface area (Å²) in [5, 5.41) is 9.77. The zero-order valence-corrected chi connectivity index (χ0v) is 27.8. The van der Waals surface area contributed by atoms with Gasteiger partial charge >= 0.3 is 6.18 Å². The number of fused-ring (bicyclic) bond motifs is 3. The molecule has 0 saturated carbocycles. The van der Waals surface area contributed by atoms with Gasteiger partial charge in [0.1, 0.15) is 12.1 Å². The number of aromatic nitrogens is 1. The minimum atomic E-state index is -4.58. The van der Waals surface area contributed by atoms with Crippen molar-refractivity contribution < 1.29 is 27.6 Å². The third-order valence-corrected chi connectivity index (χ3v) is 9.87. The lowest BCUT2D eigenvalue weighted by atomic mass is 10.0. The molecule has 10 nitrogen and oxygen atoms in total. The number of aromatic amines is 1. The van der Waals surface area contributed by atoms with Crippen molar-refractivity contribution >= 4 is 40.4 Å². The molecule has 0 unspecified atom stereocenters. The van der Waals surface area contributed by atoms with E-state index in [4.69, 9.17) is 11.5 Å². The van der Waals surface area contributed by atoms with Crippen molar-refractivity contribution in [3.8, 4) is 0 Å². The molecule has 1 aliphatic heterocycles. The van der Waals surface area contributed by atoms with Crippen molar-refractivity contribution in [3.63, 3.8) is 0 Å². The highest BCUT2D eigenvalue weighted by Crippen LogP contribution is 2.38. The molecule has 49 heavy (non-hydrogen) atoms. The van der Waals surface area contributed by atoms with E-state index < -0.39 is 47.6 Å². The van der Waals surface area contributed by atoms with E-state index in [1.807, 2.05) is 30.3 Å². The van der Waals surface area contributed by atoms with Crippen LogP contribution in [0.1, 0.15) is 35.1 Å². The van der Waals surface area contributed by atoms with Crippen molar-refractivity contribution in [1.82, 2.24) is 25.8 Å². The van der Waals surface area contributed by atoms with Crippen LogP contribution in [0.5, 0.6) is 0 Å². The summed E-state index contributed by atoms with van der Waals surface area (Å²) in [6, 6.07) is 15.3. The lowest BCUT2D eigenvalue weighted by Crippen LogP contribution is -2.59. The average molecular weight is 696 g/mol. The Hall–Kier alpha value is -4.37. The first-order valence-corrected chi connectivity index (χ1v) is 16.8. The van der Waals surface area contributed by atoms with Gasteiger partial charge < -0.3 is 37.3 Å². The number of nitrogens with two attached hydrogens (primary N) is 2. The van der Waals surface area contributed by atoms with E-state index in [2.05, 4.69) is 20.9 Å². The fourth-order valence-electron chi connectivity index (χ4n) is 5.83. The fraction of sp³-hybridized carbons (Fsp3) is 0.343. The number of carbonyl (C=O) groups is 3. The molecule has 0 radical (unpaired) electrons. The molecule has 8 N–H and O–H groups in total. The van der Waals surface area contributed by atoms with E-state index in [1.54, 1.807) is 24.4 Å². The first-order valence-electron chi connectivity index (χ1n) is 16.0. The lowest BCUT2D eigenvalue weighted by Gasteiger charge is -2.31. The predicted molar refractivity (Wildman–Crippen MR) is 182 cm³/mol. The molecule has 1 aliphatic rings. The number of rotatable bonds is 6. The van der Waals surface area contributed by atoms with E-state index >= 15 is 0 Å². The number of nitrogens with zero attached hydrogens (tertiary/aromatic N) is 1. The number of benzene rings is 3. The molecule has 260 valence electrons. The van der Waals surface area contributed by atoms with Gasteiger partial charge in [0.2, 0.25) is 17.7 Å².